The maximum absolute atomic E-state index is 12.1. The van der Waals surface area contributed by atoms with Crippen LogP contribution < -0.4 is 0 Å². The molecule has 0 amide bonds. The third-order valence-electron chi connectivity index (χ3n) is 5.18. The molecule has 0 spiro atoms. The SMILES string of the molecule is CCOC(=O)c1cc(-c2ccc(/C=N/N=C/c3ccc(-c4ccc(Cl)c(C(=O)OCC)c4)o3)o2)ccc1Cl. The number of furan rings is 2. The van der Waals surface area contributed by atoms with Crippen molar-refractivity contribution < 1.29 is 27.9 Å². The Bertz CT molecular complexity index is 1410. The molecule has 38 heavy (non-hydrogen) atoms. The van der Waals surface area contributed by atoms with Gasteiger partial charge in [-0.05, 0) is 74.5 Å². The molecule has 2 aromatic heterocycles. The lowest BCUT2D eigenvalue weighted by Gasteiger charge is -2.05. The number of benzene rings is 2. The van der Waals surface area contributed by atoms with Crippen LogP contribution in [0.1, 0.15) is 46.1 Å². The molecule has 0 saturated carbocycles. The third-order valence-corrected chi connectivity index (χ3v) is 5.84. The number of esters is 2. The van der Waals surface area contributed by atoms with Gasteiger partial charge in [0.05, 0.1) is 46.8 Å². The highest BCUT2D eigenvalue weighted by Crippen LogP contribution is 2.28. The van der Waals surface area contributed by atoms with Gasteiger partial charge in [0.15, 0.2) is 0 Å². The quantitative estimate of drug-likeness (QED) is 0.122. The molecule has 194 valence electrons. The van der Waals surface area contributed by atoms with Gasteiger partial charge in [0.1, 0.15) is 23.0 Å². The van der Waals surface area contributed by atoms with Crippen molar-refractivity contribution in [3.8, 4) is 22.6 Å². The topological polar surface area (TPSA) is 104 Å². The summed E-state index contributed by atoms with van der Waals surface area (Å²) < 4.78 is 21.6. The number of carbonyl (C=O) groups excluding carboxylic acids is 2. The summed E-state index contributed by atoms with van der Waals surface area (Å²) in [5.41, 5.74) is 1.85. The van der Waals surface area contributed by atoms with Crippen LogP contribution in [-0.4, -0.2) is 37.6 Å². The molecule has 8 nitrogen and oxygen atoms in total. The predicted molar refractivity (Wildman–Crippen MR) is 145 cm³/mol. The molecule has 2 heterocycles. The van der Waals surface area contributed by atoms with Crippen molar-refractivity contribution in [2.75, 3.05) is 13.2 Å². The molecule has 0 aliphatic carbocycles. The van der Waals surface area contributed by atoms with Crippen LogP contribution in [-0.2, 0) is 9.47 Å². The second-order valence-corrected chi connectivity index (χ2v) is 8.54. The maximum Gasteiger partial charge on any atom is 0.339 e. The van der Waals surface area contributed by atoms with E-state index in [4.69, 9.17) is 41.5 Å². The van der Waals surface area contributed by atoms with Crippen LogP contribution in [0.2, 0.25) is 10.0 Å². The number of hydrogen-bond acceptors (Lipinski definition) is 8. The van der Waals surface area contributed by atoms with Gasteiger partial charge in [-0.25, -0.2) is 9.59 Å². The Balaban J connectivity index is 1.43. The predicted octanol–water partition coefficient (Wildman–Crippen LogP) is 7.32. The molecule has 4 aromatic rings. The Morgan fingerprint density at radius 1 is 0.711 bits per heavy atom. The zero-order valence-corrected chi connectivity index (χ0v) is 22.0. The first kappa shape index (κ1) is 26.9. The van der Waals surface area contributed by atoms with E-state index in [1.807, 2.05) is 0 Å². The second-order valence-electron chi connectivity index (χ2n) is 7.72. The summed E-state index contributed by atoms with van der Waals surface area (Å²) in [6.45, 7) is 3.95. The Labute approximate surface area is 228 Å². The molecule has 0 fully saturated rings. The minimum absolute atomic E-state index is 0.248. The third kappa shape index (κ3) is 6.40. The number of rotatable bonds is 9. The summed E-state index contributed by atoms with van der Waals surface area (Å²) in [6.07, 6.45) is 2.88. The van der Waals surface area contributed by atoms with E-state index >= 15 is 0 Å². The fraction of sp³-hybridized carbons (Fsp3) is 0.143. The van der Waals surface area contributed by atoms with E-state index in [1.54, 1.807) is 74.5 Å². The van der Waals surface area contributed by atoms with E-state index in [9.17, 15) is 9.59 Å². The molecule has 0 saturated heterocycles. The molecule has 0 N–H and O–H groups in total. The highest BCUT2D eigenvalue weighted by Gasteiger charge is 2.15. The van der Waals surface area contributed by atoms with E-state index < -0.39 is 11.9 Å². The van der Waals surface area contributed by atoms with E-state index in [0.29, 0.717) is 44.2 Å². The number of ether oxygens (including phenoxy) is 2. The molecular weight excluding hydrogens is 531 g/mol. The zero-order chi connectivity index (χ0) is 27.1. The molecule has 0 aliphatic heterocycles. The first-order valence-electron chi connectivity index (χ1n) is 11.6. The lowest BCUT2D eigenvalue weighted by atomic mass is 10.1. The molecule has 0 atom stereocenters. The van der Waals surface area contributed by atoms with Crippen LogP contribution in [0, 0.1) is 0 Å². The second kappa shape index (κ2) is 12.4. The smallest absolute Gasteiger partial charge is 0.339 e. The van der Waals surface area contributed by atoms with Crippen molar-refractivity contribution in [2.24, 2.45) is 10.2 Å². The monoisotopic (exact) mass is 552 g/mol. The Morgan fingerprint density at radius 2 is 1.13 bits per heavy atom. The Kier molecular flexibility index (Phi) is 8.78. The summed E-state index contributed by atoms with van der Waals surface area (Å²) in [7, 11) is 0. The molecule has 0 aliphatic rings. The van der Waals surface area contributed by atoms with E-state index in [0.717, 1.165) is 0 Å². The van der Waals surface area contributed by atoms with Crippen LogP contribution in [0.25, 0.3) is 22.6 Å². The largest absolute Gasteiger partial charge is 0.462 e. The normalized spacial score (nSPS) is 11.4. The van der Waals surface area contributed by atoms with Gasteiger partial charge < -0.3 is 18.3 Å². The first-order chi connectivity index (χ1) is 18.4. The summed E-state index contributed by atoms with van der Waals surface area (Å²) in [5, 5.41) is 8.59. The van der Waals surface area contributed by atoms with Crippen molar-refractivity contribution in [3.63, 3.8) is 0 Å². The summed E-state index contributed by atoms with van der Waals surface area (Å²) in [5.74, 6) is 0.962. The first-order valence-corrected chi connectivity index (χ1v) is 12.3. The van der Waals surface area contributed by atoms with Gasteiger partial charge in [-0.15, -0.1) is 0 Å². The number of carbonyl (C=O) groups is 2. The average molecular weight is 553 g/mol. The summed E-state index contributed by atoms with van der Waals surface area (Å²) in [4.78, 5) is 24.2. The standard InChI is InChI=1S/C28H22Cl2N2O6/c1-3-35-27(33)21-13-17(5-9-23(21)29)25-11-7-19(37-25)15-31-32-16-20-8-12-26(38-20)18-6-10-24(30)22(14-18)28(34)36-4-2/h5-16H,3-4H2,1-2H3/b31-15+,32-16+. The fourth-order valence-electron chi connectivity index (χ4n) is 3.42. The average Bonchev–Trinajstić information content (AvgIpc) is 3.57. The van der Waals surface area contributed by atoms with Crippen LogP contribution in [0.3, 0.4) is 0 Å². The van der Waals surface area contributed by atoms with Crippen molar-refractivity contribution in [1.29, 1.82) is 0 Å². The van der Waals surface area contributed by atoms with Gasteiger partial charge in [0.2, 0.25) is 0 Å². The molecule has 0 radical (unpaired) electrons. The highest BCUT2D eigenvalue weighted by atomic mass is 35.5. The van der Waals surface area contributed by atoms with Crippen molar-refractivity contribution >= 4 is 47.6 Å². The zero-order valence-electron chi connectivity index (χ0n) is 20.4. The van der Waals surface area contributed by atoms with Gasteiger partial charge in [-0.2, -0.15) is 10.2 Å². The summed E-state index contributed by atoms with van der Waals surface area (Å²) in [6, 6.07) is 16.9. The molecule has 0 unspecified atom stereocenters. The minimum Gasteiger partial charge on any atom is -0.462 e. The highest BCUT2D eigenvalue weighted by molar-refractivity contribution is 6.34. The van der Waals surface area contributed by atoms with Gasteiger partial charge in [-0.3, -0.25) is 0 Å². The molecule has 10 heteroatoms. The van der Waals surface area contributed by atoms with Crippen molar-refractivity contribution in [1.82, 2.24) is 0 Å². The fourth-order valence-corrected chi connectivity index (χ4v) is 3.81. The Morgan fingerprint density at radius 3 is 1.53 bits per heavy atom. The van der Waals surface area contributed by atoms with Crippen LogP contribution in [0.15, 0.2) is 79.7 Å². The van der Waals surface area contributed by atoms with Crippen LogP contribution in [0.5, 0.6) is 0 Å². The molecule has 0 bridgehead atoms. The van der Waals surface area contributed by atoms with Gasteiger partial charge in [0, 0.05) is 11.1 Å². The van der Waals surface area contributed by atoms with Crippen LogP contribution in [0.4, 0.5) is 0 Å². The van der Waals surface area contributed by atoms with Crippen molar-refractivity contribution in [2.45, 2.75) is 13.8 Å². The van der Waals surface area contributed by atoms with Gasteiger partial charge in [-0.1, -0.05) is 23.2 Å². The Hall–Kier alpha value is -4.14. The molecule has 4 rings (SSSR count). The number of nitrogens with zero attached hydrogens (tertiary/aromatic N) is 2. The van der Waals surface area contributed by atoms with E-state index in [1.165, 1.54) is 12.4 Å². The lowest BCUT2D eigenvalue weighted by Crippen LogP contribution is -2.05. The lowest BCUT2D eigenvalue weighted by molar-refractivity contribution is 0.0517. The van der Waals surface area contributed by atoms with Gasteiger partial charge in [0.25, 0.3) is 0 Å². The van der Waals surface area contributed by atoms with Crippen LogP contribution >= 0.6 is 23.2 Å². The molecule has 2 aromatic carbocycles. The minimum atomic E-state index is -0.501. The van der Waals surface area contributed by atoms with Crippen molar-refractivity contribution in [3.05, 3.63) is 93.4 Å². The molecular formula is C28H22Cl2N2O6. The van der Waals surface area contributed by atoms with E-state index in [2.05, 4.69) is 10.2 Å². The van der Waals surface area contributed by atoms with E-state index in [-0.39, 0.29) is 24.3 Å². The summed E-state index contributed by atoms with van der Waals surface area (Å²) >= 11 is 12.3. The maximum atomic E-state index is 12.1. The van der Waals surface area contributed by atoms with Gasteiger partial charge >= 0.3 is 11.9 Å². The number of halogens is 2. The number of hydrogen-bond donors (Lipinski definition) is 0.